The van der Waals surface area contributed by atoms with Gasteiger partial charge in [-0.15, -0.1) is 0 Å². The molecule has 1 atom stereocenters. The van der Waals surface area contributed by atoms with Crippen LogP contribution in [0.15, 0.2) is 18.2 Å². The van der Waals surface area contributed by atoms with Crippen molar-refractivity contribution in [3.63, 3.8) is 0 Å². The molecule has 20 heavy (non-hydrogen) atoms. The summed E-state index contributed by atoms with van der Waals surface area (Å²) in [4.78, 5) is 0. The van der Waals surface area contributed by atoms with Crippen molar-refractivity contribution in [2.75, 3.05) is 20.8 Å². The maximum Gasteiger partial charge on any atom is 0.127 e. The van der Waals surface area contributed by atoms with Crippen LogP contribution >= 0.6 is 0 Å². The highest BCUT2D eigenvalue weighted by molar-refractivity contribution is 5.42. The van der Waals surface area contributed by atoms with Crippen LogP contribution in [0.3, 0.4) is 0 Å². The lowest BCUT2D eigenvalue weighted by molar-refractivity contribution is 0.210. The van der Waals surface area contributed by atoms with E-state index in [4.69, 9.17) is 14.2 Å². The monoisotopic (exact) mass is 279 g/mol. The van der Waals surface area contributed by atoms with Gasteiger partial charge in [0.1, 0.15) is 23.4 Å². The van der Waals surface area contributed by atoms with Crippen LogP contribution in [0.1, 0.15) is 32.6 Å². The summed E-state index contributed by atoms with van der Waals surface area (Å²) in [5, 5.41) is 3.57. The third-order valence-corrected chi connectivity index (χ3v) is 3.71. The van der Waals surface area contributed by atoms with E-state index >= 15 is 0 Å². The predicted molar refractivity (Wildman–Crippen MR) is 79.9 cm³/mol. The highest BCUT2D eigenvalue weighted by Crippen LogP contribution is 2.28. The highest BCUT2D eigenvalue weighted by Gasteiger charge is 2.15. The van der Waals surface area contributed by atoms with Crippen molar-refractivity contribution in [2.24, 2.45) is 0 Å². The van der Waals surface area contributed by atoms with Gasteiger partial charge >= 0.3 is 0 Å². The van der Waals surface area contributed by atoms with Crippen LogP contribution in [-0.4, -0.2) is 32.9 Å². The topological polar surface area (TPSA) is 39.7 Å². The molecule has 2 rings (SSSR count). The number of hydrogen-bond acceptors (Lipinski definition) is 4. The van der Waals surface area contributed by atoms with Gasteiger partial charge in [0.25, 0.3) is 0 Å². The molecular weight excluding hydrogens is 254 g/mol. The third kappa shape index (κ3) is 4.30. The molecule has 1 aromatic rings. The van der Waals surface area contributed by atoms with Crippen LogP contribution in [0.25, 0.3) is 0 Å². The van der Waals surface area contributed by atoms with E-state index in [1.807, 2.05) is 18.2 Å². The second-order valence-corrected chi connectivity index (χ2v) is 5.37. The van der Waals surface area contributed by atoms with Crippen molar-refractivity contribution in [1.29, 1.82) is 0 Å². The van der Waals surface area contributed by atoms with E-state index in [1.165, 1.54) is 25.7 Å². The largest absolute Gasteiger partial charge is 0.496 e. The van der Waals surface area contributed by atoms with Gasteiger partial charge in [-0.3, -0.25) is 0 Å². The molecule has 1 fully saturated rings. The molecule has 1 unspecified atom stereocenters. The SMILES string of the molecule is COc1cc(OC)cc(OC(C)CNC2CCCC2)c1. The average Bonchev–Trinajstić information content (AvgIpc) is 2.98. The first kappa shape index (κ1) is 15.0. The number of hydrogen-bond donors (Lipinski definition) is 1. The standard InChI is InChI=1S/C16H25NO3/c1-12(11-17-13-6-4-5-7-13)20-16-9-14(18-2)8-15(10-16)19-3/h8-10,12-13,17H,4-7,11H2,1-3H3. The van der Waals surface area contributed by atoms with Gasteiger partial charge in [0, 0.05) is 30.8 Å². The Bertz CT molecular complexity index is 394. The Balaban J connectivity index is 1.87. The molecule has 0 spiro atoms. The maximum absolute atomic E-state index is 5.94. The first-order chi connectivity index (χ1) is 9.71. The highest BCUT2D eigenvalue weighted by atomic mass is 16.5. The molecule has 0 aromatic heterocycles. The molecule has 1 saturated carbocycles. The first-order valence-electron chi connectivity index (χ1n) is 7.34. The van der Waals surface area contributed by atoms with Crippen LogP contribution in [-0.2, 0) is 0 Å². The lowest BCUT2D eigenvalue weighted by Gasteiger charge is -2.19. The average molecular weight is 279 g/mol. The van der Waals surface area contributed by atoms with Crippen molar-refractivity contribution in [1.82, 2.24) is 5.32 Å². The van der Waals surface area contributed by atoms with Gasteiger partial charge in [0.15, 0.2) is 0 Å². The minimum atomic E-state index is 0.118. The summed E-state index contributed by atoms with van der Waals surface area (Å²) in [5.74, 6) is 2.27. The fraction of sp³-hybridized carbons (Fsp3) is 0.625. The number of methoxy groups -OCH3 is 2. The van der Waals surface area contributed by atoms with E-state index in [0.29, 0.717) is 6.04 Å². The molecule has 0 bridgehead atoms. The Labute approximate surface area is 121 Å². The zero-order valence-corrected chi connectivity index (χ0v) is 12.6. The van der Waals surface area contributed by atoms with Crippen LogP contribution in [0.5, 0.6) is 17.2 Å². The van der Waals surface area contributed by atoms with E-state index in [-0.39, 0.29) is 6.10 Å². The smallest absolute Gasteiger partial charge is 0.127 e. The number of ether oxygens (including phenoxy) is 3. The molecule has 1 aliphatic rings. The van der Waals surface area contributed by atoms with E-state index in [0.717, 1.165) is 23.8 Å². The summed E-state index contributed by atoms with van der Waals surface area (Å²) in [5.41, 5.74) is 0. The Kier molecular flexibility index (Phi) is 5.53. The van der Waals surface area contributed by atoms with Gasteiger partial charge in [-0.1, -0.05) is 12.8 Å². The lowest BCUT2D eigenvalue weighted by atomic mass is 10.2. The zero-order valence-electron chi connectivity index (χ0n) is 12.6. The molecule has 0 amide bonds. The van der Waals surface area contributed by atoms with Gasteiger partial charge in [0.2, 0.25) is 0 Å². The zero-order chi connectivity index (χ0) is 14.4. The van der Waals surface area contributed by atoms with E-state index in [1.54, 1.807) is 14.2 Å². The molecular formula is C16H25NO3. The van der Waals surface area contributed by atoms with Gasteiger partial charge in [-0.25, -0.2) is 0 Å². The molecule has 112 valence electrons. The lowest BCUT2D eigenvalue weighted by Crippen LogP contribution is -2.35. The summed E-state index contributed by atoms with van der Waals surface area (Å²) < 4.78 is 16.4. The van der Waals surface area contributed by atoms with E-state index in [9.17, 15) is 0 Å². The third-order valence-electron chi connectivity index (χ3n) is 3.71. The molecule has 0 aliphatic heterocycles. The Morgan fingerprint density at radius 1 is 1.05 bits per heavy atom. The second kappa shape index (κ2) is 7.39. The summed E-state index contributed by atoms with van der Waals surface area (Å²) in [6.07, 6.45) is 5.40. The van der Waals surface area contributed by atoms with Crippen LogP contribution in [0.2, 0.25) is 0 Å². The Morgan fingerprint density at radius 2 is 1.60 bits per heavy atom. The minimum Gasteiger partial charge on any atom is -0.496 e. The van der Waals surface area contributed by atoms with Crippen molar-refractivity contribution >= 4 is 0 Å². The molecule has 1 N–H and O–H groups in total. The maximum atomic E-state index is 5.94. The van der Waals surface area contributed by atoms with Crippen LogP contribution in [0.4, 0.5) is 0 Å². The normalized spacial score (nSPS) is 16.9. The number of nitrogens with one attached hydrogen (secondary N) is 1. The van der Waals surface area contributed by atoms with Crippen LogP contribution in [0, 0.1) is 0 Å². The Morgan fingerprint density at radius 3 is 2.15 bits per heavy atom. The predicted octanol–water partition coefficient (Wildman–Crippen LogP) is 3.00. The van der Waals surface area contributed by atoms with Crippen molar-refractivity contribution < 1.29 is 14.2 Å². The molecule has 4 nitrogen and oxygen atoms in total. The summed E-state index contributed by atoms with van der Waals surface area (Å²) in [6, 6.07) is 6.28. The van der Waals surface area contributed by atoms with Gasteiger partial charge in [-0.05, 0) is 19.8 Å². The molecule has 0 heterocycles. The van der Waals surface area contributed by atoms with E-state index < -0.39 is 0 Å². The fourth-order valence-electron chi connectivity index (χ4n) is 2.59. The van der Waals surface area contributed by atoms with Crippen molar-refractivity contribution in [3.05, 3.63) is 18.2 Å². The molecule has 1 aromatic carbocycles. The quantitative estimate of drug-likeness (QED) is 0.833. The number of rotatable bonds is 7. The molecule has 4 heteroatoms. The second-order valence-electron chi connectivity index (χ2n) is 5.37. The van der Waals surface area contributed by atoms with Crippen molar-refractivity contribution in [3.8, 4) is 17.2 Å². The van der Waals surface area contributed by atoms with Crippen molar-refractivity contribution in [2.45, 2.75) is 44.8 Å². The summed E-state index contributed by atoms with van der Waals surface area (Å²) in [6.45, 7) is 2.94. The molecule has 0 saturated heterocycles. The fourth-order valence-corrected chi connectivity index (χ4v) is 2.59. The van der Waals surface area contributed by atoms with E-state index in [2.05, 4.69) is 12.2 Å². The van der Waals surface area contributed by atoms with Gasteiger partial charge in [-0.2, -0.15) is 0 Å². The first-order valence-corrected chi connectivity index (χ1v) is 7.34. The Hall–Kier alpha value is -1.42. The van der Waals surface area contributed by atoms with Crippen LogP contribution < -0.4 is 19.5 Å². The van der Waals surface area contributed by atoms with Gasteiger partial charge in [0.05, 0.1) is 14.2 Å². The minimum absolute atomic E-state index is 0.118. The molecule has 0 radical (unpaired) electrons. The molecule has 1 aliphatic carbocycles. The summed E-state index contributed by atoms with van der Waals surface area (Å²) in [7, 11) is 3.28. The van der Waals surface area contributed by atoms with Gasteiger partial charge < -0.3 is 19.5 Å². The summed E-state index contributed by atoms with van der Waals surface area (Å²) >= 11 is 0. The number of benzene rings is 1.